The van der Waals surface area contributed by atoms with E-state index in [0.717, 1.165) is 17.4 Å². The zero-order valence-electron chi connectivity index (χ0n) is 13.8. The SMILES string of the molecule is Cc1ccc(CNC(=O)C2(S(C)(=O)=O)CCNCC2)c(C)c1.Cl. The van der Waals surface area contributed by atoms with Crippen LogP contribution in [0.5, 0.6) is 0 Å². The van der Waals surface area contributed by atoms with Crippen LogP contribution in [0.3, 0.4) is 0 Å². The van der Waals surface area contributed by atoms with Gasteiger partial charge in [0.1, 0.15) is 0 Å². The Bertz CT molecular complexity index is 668. The third kappa shape index (κ3) is 4.25. The smallest absolute Gasteiger partial charge is 0.241 e. The summed E-state index contributed by atoms with van der Waals surface area (Å²) < 4.78 is 23.1. The summed E-state index contributed by atoms with van der Waals surface area (Å²) in [6.07, 6.45) is 1.81. The van der Waals surface area contributed by atoms with Crippen LogP contribution in [-0.2, 0) is 21.2 Å². The van der Waals surface area contributed by atoms with Gasteiger partial charge in [-0.15, -0.1) is 12.4 Å². The Morgan fingerprint density at radius 3 is 2.39 bits per heavy atom. The molecule has 1 heterocycles. The van der Waals surface area contributed by atoms with E-state index in [1.807, 2.05) is 26.0 Å². The molecule has 0 unspecified atom stereocenters. The number of nitrogens with one attached hydrogen (secondary N) is 2. The van der Waals surface area contributed by atoms with Gasteiger partial charge in [0.2, 0.25) is 5.91 Å². The van der Waals surface area contributed by atoms with E-state index in [1.54, 1.807) is 0 Å². The van der Waals surface area contributed by atoms with Crippen molar-refractivity contribution < 1.29 is 13.2 Å². The molecule has 1 aliphatic heterocycles. The van der Waals surface area contributed by atoms with E-state index in [9.17, 15) is 13.2 Å². The maximum Gasteiger partial charge on any atom is 0.241 e. The number of rotatable bonds is 4. The number of carbonyl (C=O) groups is 1. The van der Waals surface area contributed by atoms with Gasteiger partial charge in [-0.05, 0) is 50.9 Å². The first-order valence-electron chi connectivity index (χ1n) is 7.51. The Hall–Kier alpha value is -1.11. The van der Waals surface area contributed by atoms with Gasteiger partial charge < -0.3 is 10.6 Å². The molecule has 0 bridgehead atoms. The fourth-order valence-electron chi connectivity index (χ4n) is 2.98. The van der Waals surface area contributed by atoms with Crippen LogP contribution in [0.1, 0.15) is 29.5 Å². The van der Waals surface area contributed by atoms with E-state index >= 15 is 0 Å². The van der Waals surface area contributed by atoms with Crippen LogP contribution in [-0.4, -0.2) is 38.4 Å². The summed E-state index contributed by atoms with van der Waals surface area (Å²) >= 11 is 0. The Kier molecular flexibility index (Phi) is 6.62. The number of benzene rings is 1. The van der Waals surface area contributed by atoms with Gasteiger partial charge in [-0.1, -0.05) is 23.8 Å². The van der Waals surface area contributed by atoms with Crippen molar-refractivity contribution in [1.82, 2.24) is 10.6 Å². The third-order valence-electron chi connectivity index (χ3n) is 4.47. The molecule has 23 heavy (non-hydrogen) atoms. The molecule has 1 aromatic carbocycles. The topological polar surface area (TPSA) is 75.3 Å². The Morgan fingerprint density at radius 1 is 1.26 bits per heavy atom. The number of hydrogen-bond donors (Lipinski definition) is 2. The van der Waals surface area contributed by atoms with Crippen LogP contribution in [0.15, 0.2) is 18.2 Å². The standard InChI is InChI=1S/C16H24N2O3S.ClH/c1-12-4-5-14(13(2)10-12)11-18-15(19)16(22(3,20)21)6-8-17-9-7-16;/h4-5,10,17H,6-9,11H2,1-3H3,(H,18,19);1H. The van der Waals surface area contributed by atoms with Crippen molar-refractivity contribution in [1.29, 1.82) is 0 Å². The molecule has 0 aliphatic carbocycles. The number of amides is 1. The first-order chi connectivity index (χ1) is 10.3. The van der Waals surface area contributed by atoms with E-state index in [4.69, 9.17) is 0 Å². The molecular formula is C16H25ClN2O3S. The Morgan fingerprint density at radius 2 is 1.87 bits per heavy atom. The van der Waals surface area contributed by atoms with E-state index in [0.29, 0.717) is 32.5 Å². The molecule has 1 aliphatic rings. The summed E-state index contributed by atoms with van der Waals surface area (Å²) in [6.45, 7) is 5.46. The fraction of sp³-hybridized carbons (Fsp3) is 0.562. The van der Waals surface area contributed by atoms with Crippen molar-refractivity contribution in [3.63, 3.8) is 0 Å². The number of sulfone groups is 1. The summed E-state index contributed by atoms with van der Waals surface area (Å²) in [7, 11) is -3.46. The highest BCUT2D eigenvalue weighted by molar-refractivity contribution is 7.92. The molecule has 5 nitrogen and oxygen atoms in total. The van der Waals surface area contributed by atoms with E-state index in [2.05, 4.69) is 16.7 Å². The van der Waals surface area contributed by atoms with Crippen molar-refractivity contribution in [2.24, 2.45) is 0 Å². The van der Waals surface area contributed by atoms with Gasteiger partial charge in [-0.3, -0.25) is 4.79 Å². The summed E-state index contributed by atoms with van der Waals surface area (Å²) in [5.74, 6) is -0.378. The maximum atomic E-state index is 12.6. The number of hydrogen-bond acceptors (Lipinski definition) is 4. The van der Waals surface area contributed by atoms with Gasteiger partial charge in [-0.2, -0.15) is 0 Å². The molecule has 7 heteroatoms. The molecule has 2 N–H and O–H groups in total. The maximum absolute atomic E-state index is 12.6. The van der Waals surface area contributed by atoms with Gasteiger partial charge in [0.15, 0.2) is 14.6 Å². The molecular weight excluding hydrogens is 336 g/mol. The summed E-state index contributed by atoms with van der Waals surface area (Å²) in [5, 5.41) is 5.94. The van der Waals surface area contributed by atoms with Crippen molar-refractivity contribution >= 4 is 28.2 Å². The van der Waals surface area contributed by atoms with Gasteiger partial charge in [-0.25, -0.2) is 8.42 Å². The minimum absolute atomic E-state index is 0. The highest BCUT2D eigenvalue weighted by Crippen LogP contribution is 2.28. The molecule has 130 valence electrons. The largest absolute Gasteiger partial charge is 0.351 e. The molecule has 0 atom stereocenters. The second-order valence-corrected chi connectivity index (χ2v) is 8.45. The zero-order chi connectivity index (χ0) is 16.4. The number of piperidine rings is 1. The molecule has 1 saturated heterocycles. The third-order valence-corrected chi connectivity index (χ3v) is 6.49. The van der Waals surface area contributed by atoms with E-state index in [-0.39, 0.29) is 18.3 Å². The molecule has 1 aromatic rings. The van der Waals surface area contributed by atoms with Crippen LogP contribution in [0.25, 0.3) is 0 Å². The second-order valence-electron chi connectivity index (χ2n) is 6.13. The molecule has 1 fully saturated rings. The van der Waals surface area contributed by atoms with Crippen LogP contribution in [0.4, 0.5) is 0 Å². The molecule has 2 rings (SSSR count). The van der Waals surface area contributed by atoms with Crippen molar-refractivity contribution in [2.75, 3.05) is 19.3 Å². The summed E-state index contributed by atoms with van der Waals surface area (Å²) in [6, 6.07) is 6.02. The first-order valence-corrected chi connectivity index (χ1v) is 9.40. The molecule has 0 aromatic heterocycles. The Balaban J connectivity index is 0.00000264. The van der Waals surface area contributed by atoms with Gasteiger partial charge in [0, 0.05) is 12.8 Å². The van der Waals surface area contributed by atoms with Crippen molar-refractivity contribution in [3.05, 3.63) is 34.9 Å². The fourth-order valence-corrected chi connectivity index (χ4v) is 4.33. The molecule has 0 radical (unpaired) electrons. The van der Waals surface area contributed by atoms with Gasteiger partial charge in [0.25, 0.3) is 0 Å². The lowest BCUT2D eigenvalue weighted by molar-refractivity contribution is -0.124. The van der Waals surface area contributed by atoms with E-state index < -0.39 is 14.6 Å². The molecule has 0 spiro atoms. The lowest BCUT2D eigenvalue weighted by Crippen LogP contribution is -2.57. The van der Waals surface area contributed by atoms with Crippen LogP contribution in [0.2, 0.25) is 0 Å². The van der Waals surface area contributed by atoms with Gasteiger partial charge in [0.05, 0.1) is 0 Å². The highest BCUT2D eigenvalue weighted by Gasteiger charge is 2.48. The van der Waals surface area contributed by atoms with Crippen LogP contribution >= 0.6 is 12.4 Å². The zero-order valence-corrected chi connectivity index (χ0v) is 15.4. The summed E-state index contributed by atoms with van der Waals surface area (Å²) in [5.41, 5.74) is 3.27. The number of aryl methyl sites for hydroxylation is 2. The van der Waals surface area contributed by atoms with Crippen LogP contribution < -0.4 is 10.6 Å². The highest BCUT2D eigenvalue weighted by atomic mass is 35.5. The average Bonchev–Trinajstić information content (AvgIpc) is 2.45. The predicted molar refractivity (Wildman–Crippen MR) is 94.7 cm³/mol. The van der Waals surface area contributed by atoms with Crippen LogP contribution in [0, 0.1) is 13.8 Å². The van der Waals surface area contributed by atoms with Crippen molar-refractivity contribution in [3.8, 4) is 0 Å². The normalized spacial score (nSPS) is 17.2. The van der Waals surface area contributed by atoms with Gasteiger partial charge >= 0.3 is 0 Å². The predicted octanol–water partition coefficient (Wildman–Crippen LogP) is 1.51. The Labute approximate surface area is 144 Å². The second kappa shape index (κ2) is 7.64. The quantitative estimate of drug-likeness (QED) is 0.853. The van der Waals surface area contributed by atoms with E-state index in [1.165, 1.54) is 5.56 Å². The average molecular weight is 361 g/mol. The minimum Gasteiger partial charge on any atom is -0.351 e. The molecule has 1 amide bonds. The monoisotopic (exact) mass is 360 g/mol. The number of carbonyl (C=O) groups excluding carboxylic acids is 1. The first kappa shape index (κ1) is 19.9. The minimum atomic E-state index is -3.46. The lowest BCUT2D eigenvalue weighted by Gasteiger charge is -2.34. The lowest BCUT2D eigenvalue weighted by atomic mass is 9.95. The number of halogens is 1. The summed E-state index contributed by atoms with van der Waals surface area (Å²) in [4.78, 5) is 12.6. The van der Waals surface area contributed by atoms with Crippen molar-refractivity contribution in [2.45, 2.75) is 38.0 Å². The molecule has 0 saturated carbocycles.